The lowest BCUT2D eigenvalue weighted by Crippen LogP contribution is -2.68. The maximum atomic E-state index is 13.5. The van der Waals surface area contributed by atoms with Gasteiger partial charge in [0.15, 0.2) is 0 Å². The second-order valence-corrected chi connectivity index (χ2v) is 9.33. The van der Waals surface area contributed by atoms with Crippen LogP contribution in [0.3, 0.4) is 0 Å². The van der Waals surface area contributed by atoms with Crippen LogP contribution >= 0.6 is 0 Å². The number of piperidine rings is 1. The number of hydrogen-bond acceptors (Lipinski definition) is 3. The molecule has 3 heterocycles. The van der Waals surface area contributed by atoms with Gasteiger partial charge in [-0.2, -0.15) is 0 Å². The average molecular weight is 369 g/mol. The van der Waals surface area contributed by atoms with E-state index in [0.717, 1.165) is 45.5 Å². The summed E-state index contributed by atoms with van der Waals surface area (Å²) in [5.41, 5.74) is 2.49. The summed E-state index contributed by atoms with van der Waals surface area (Å²) >= 11 is 0. The van der Waals surface area contributed by atoms with Crippen molar-refractivity contribution in [1.82, 2.24) is 9.80 Å². The van der Waals surface area contributed by atoms with Crippen LogP contribution < -0.4 is 0 Å². The van der Waals surface area contributed by atoms with Crippen LogP contribution in [0.15, 0.2) is 24.3 Å². The second kappa shape index (κ2) is 6.59. The second-order valence-electron chi connectivity index (χ2n) is 9.33. The van der Waals surface area contributed by atoms with E-state index < -0.39 is 0 Å². The summed E-state index contributed by atoms with van der Waals surface area (Å²) in [5, 5.41) is 0. The van der Waals surface area contributed by atoms with Crippen LogP contribution in [0, 0.1) is 6.92 Å². The normalized spacial score (nSPS) is 32.5. The van der Waals surface area contributed by atoms with E-state index in [1.165, 1.54) is 43.4 Å². The van der Waals surface area contributed by atoms with E-state index in [1.807, 2.05) is 0 Å². The number of carbonyl (C=O) groups excluding carboxylic acids is 1. The molecule has 1 spiro atoms. The fraction of sp³-hybridized carbons (Fsp3) is 0.696. The molecule has 0 unspecified atom stereocenters. The number of amides is 1. The van der Waals surface area contributed by atoms with Crippen LogP contribution in [-0.2, 0) is 14.9 Å². The number of likely N-dealkylation sites (tertiary alicyclic amines) is 2. The highest BCUT2D eigenvalue weighted by molar-refractivity contribution is 5.91. The fourth-order valence-corrected chi connectivity index (χ4v) is 5.58. The summed E-state index contributed by atoms with van der Waals surface area (Å²) in [6.07, 6.45) is 8.45. The van der Waals surface area contributed by atoms with Crippen LogP contribution in [0.4, 0.5) is 0 Å². The largest absolute Gasteiger partial charge is 0.377 e. The van der Waals surface area contributed by atoms with Gasteiger partial charge in [-0.1, -0.05) is 29.8 Å². The van der Waals surface area contributed by atoms with E-state index in [2.05, 4.69) is 41.0 Å². The molecule has 4 heteroatoms. The first-order valence-corrected chi connectivity index (χ1v) is 10.8. The van der Waals surface area contributed by atoms with E-state index in [1.54, 1.807) is 0 Å². The third-order valence-electron chi connectivity index (χ3n) is 7.57. The van der Waals surface area contributed by atoms with Gasteiger partial charge in [-0.05, 0) is 57.4 Å². The first-order valence-electron chi connectivity index (χ1n) is 10.8. The summed E-state index contributed by atoms with van der Waals surface area (Å²) in [4.78, 5) is 18.4. The Bertz CT molecular complexity index is 706. The van der Waals surface area contributed by atoms with Gasteiger partial charge in [-0.3, -0.25) is 9.69 Å². The number of nitrogens with zero attached hydrogens (tertiary/aromatic N) is 2. The first-order chi connectivity index (χ1) is 13.1. The molecule has 1 aromatic rings. The molecule has 0 bridgehead atoms. The molecule has 1 saturated carbocycles. The Morgan fingerprint density at radius 1 is 1.11 bits per heavy atom. The van der Waals surface area contributed by atoms with E-state index in [-0.39, 0.29) is 11.0 Å². The SMILES string of the molecule is Cc1ccc(C2(C(=O)N3CCC[C@@]4(CCN4C[C@H]4CCCO4)C3)CC2)cc1. The zero-order chi connectivity index (χ0) is 18.5. The molecule has 146 valence electrons. The Morgan fingerprint density at radius 2 is 1.93 bits per heavy atom. The zero-order valence-corrected chi connectivity index (χ0v) is 16.6. The van der Waals surface area contributed by atoms with Crippen molar-refractivity contribution in [3.05, 3.63) is 35.4 Å². The summed E-state index contributed by atoms with van der Waals surface area (Å²) in [6, 6.07) is 8.64. The number of rotatable bonds is 4. The molecular formula is C23H32N2O2. The van der Waals surface area contributed by atoms with Crippen LogP contribution in [0.5, 0.6) is 0 Å². The smallest absolute Gasteiger partial charge is 0.233 e. The minimum absolute atomic E-state index is 0.225. The van der Waals surface area contributed by atoms with E-state index in [0.29, 0.717) is 12.0 Å². The lowest BCUT2D eigenvalue weighted by Gasteiger charge is -2.58. The fourth-order valence-electron chi connectivity index (χ4n) is 5.58. The highest BCUT2D eigenvalue weighted by Crippen LogP contribution is 2.51. The highest BCUT2D eigenvalue weighted by Gasteiger charge is 2.56. The van der Waals surface area contributed by atoms with Crippen molar-refractivity contribution in [2.75, 3.05) is 32.8 Å². The molecule has 4 nitrogen and oxygen atoms in total. The van der Waals surface area contributed by atoms with Crippen molar-refractivity contribution in [2.24, 2.45) is 0 Å². The molecule has 2 atom stereocenters. The van der Waals surface area contributed by atoms with Crippen LogP contribution in [0.1, 0.15) is 56.1 Å². The Balaban J connectivity index is 1.29. The van der Waals surface area contributed by atoms with Crippen LogP contribution in [0.2, 0.25) is 0 Å². The third-order valence-corrected chi connectivity index (χ3v) is 7.57. The van der Waals surface area contributed by atoms with Gasteiger partial charge in [0.05, 0.1) is 11.5 Å². The van der Waals surface area contributed by atoms with E-state index in [4.69, 9.17) is 4.74 Å². The van der Waals surface area contributed by atoms with Crippen molar-refractivity contribution in [3.63, 3.8) is 0 Å². The number of ether oxygens (including phenoxy) is 1. The van der Waals surface area contributed by atoms with Crippen molar-refractivity contribution >= 4 is 5.91 Å². The topological polar surface area (TPSA) is 32.8 Å². The van der Waals surface area contributed by atoms with Gasteiger partial charge in [0.1, 0.15) is 0 Å². The molecule has 4 aliphatic rings. The average Bonchev–Trinajstić information content (AvgIpc) is 3.33. The Hall–Kier alpha value is -1.39. The molecule has 3 saturated heterocycles. The molecular weight excluding hydrogens is 336 g/mol. The number of carbonyl (C=O) groups is 1. The molecule has 0 radical (unpaired) electrons. The monoisotopic (exact) mass is 368 g/mol. The van der Waals surface area contributed by atoms with Crippen molar-refractivity contribution in [2.45, 2.75) is 68.9 Å². The minimum Gasteiger partial charge on any atom is -0.377 e. The molecule has 5 rings (SSSR count). The predicted octanol–water partition coefficient (Wildman–Crippen LogP) is 3.27. The molecule has 27 heavy (non-hydrogen) atoms. The summed E-state index contributed by atoms with van der Waals surface area (Å²) in [5.74, 6) is 0.384. The van der Waals surface area contributed by atoms with Gasteiger partial charge in [0.25, 0.3) is 0 Å². The maximum absolute atomic E-state index is 13.5. The summed E-state index contributed by atoms with van der Waals surface area (Å²) < 4.78 is 5.88. The minimum atomic E-state index is -0.227. The quantitative estimate of drug-likeness (QED) is 0.818. The Labute approximate surface area is 162 Å². The number of benzene rings is 1. The molecule has 1 aliphatic carbocycles. The van der Waals surface area contributed by atoms with Gasteiger partial charge in [0, 0.05) is 38.3 Å². The Kier molecular flexibility index (Phi) is 4.32. The zero-order valence-electron chi connectivity index (χ0n) is 16.6. The standard InChI is InChI=1S/C23H32N2O2/c1-18-5-7-19(8-6-18)23(10-11-23)21(26)24-13-3-9-22(17-24)12-14-25(22)16-20-4-2-15-27-20/h5-8,20H,2-4,9-17H2,1H3/t20-,22-/m1/s1. The van der Waals surface area contributed by atoms with Gasteiger partial charge in [-0.25, -0.2) is 0 Å². The van der Waals surface area contributed by atoms with Crippen LogP contribution in [0.25, 0.3) is 0 Å². The molecule has 1 aromatic carbocycles. The highest BCUT2D eigenvalue weighted by atomic mass is 16.5. The lowest BCUT2D eigenvalue weighted by atomic mass is 9.76. The van der Waals surface area contributed by atoms with E-state index >= 15 is 0 Å². The van der Waals surface area contributed by atoms with E-state index in [9.17, 15) is 4.79 Å². The predicted molar refractivity (Wildman–Crippen MR) is 106 cm³/mol. The molecule has 0 N–H and O–H groups in total. The third kappa shape index (κ3) is 3.01. The summed E-state index contributed by atoms with van der Waals surface area (Å²) in [7, 11) is 0. The van der Waals surface area contributed by atoms with Gasteiger partial charge in [-0.15, -0.1) is 0 Å². The van der Waals surface area contributed by atoms with Crippen molar-refractivity contribution in [3.8, 4) is 0 Å². The first kappa shape index (κ1) is 17.7. The van der Waals surface area contributed by atoms with Gasteiger partial charge in [0.2, 0.25) is 5.91 Å². The number of aryl methyl sites for hydroxylation is 1. The maximum Gasteiger partial charge on any atom is 0.233 e. The Morgan fingerprint density at radius 3 is 2.56 bits per heavy atom. The molecule has 0 aromatic heterocycles. The lowest BCUT2D eigenvalue weighted by molar-refractivity contribution is -0.144. The van der Waals surface area contributed by atoms with Gasteiger partial charge >= 0.3 is 0 Å². The van der Waals surface area contributed by atoms with Crippen LogP contribution in [-0.4, -0.2) is 60.1 Å². The molecule has 1 amide bonds. The number of hydrogen-bond donors (Lipinski definition) is 0. The van der Waals surface area contributed by atoms with Gasteiger partial charge < -0.3 is 9.64 Å². The van der Waals surface area contributed by atoms with Crippen molar-refractivity contribution < 1.29 is 9.53 Å². The summed E-state index contributed by atoms with van der Waals surface area (Å²) in [6.45, 7) is 7.12. The van der Waals surface area contributed by atoms with Crippen molar-refractivity contribution in [1.29, 1.82) is 0 Å². The molecule has 3 aliphatic heterocycles. The molecule has 4 fully saturated rings.